The molecule has 0 unspecified atom stereocenters. The molecular formula is C26H27NOS. The van der Waals surface area contributed by atoms with Crippen LogP contribution in [-0.4, -0.2) is 23.9 Å². The molecule has 0 bridgehead atoms. The van der Waals surface area contributed by atoms with Gasteiger partial charge in [-0.25, -0.2) is 0 Å². The normalized spacial score (nSPS) is 15.8. The predicted octanol–water partition coefficient (Wildman–Crippen LogP) is 6.00. The van der Waals surface area contributed by atoms with Crippen LogP contribution in [0.25, 0.3) is 0 Å². The number of hydrogen-bond donors (Lipinski definition) is 0. The summed E-state index contributed by atoms with van der Waals surface area (Å²) in [6, 6.07) is 31.1. The van der Waals surface area contributed by atoms with E-state index in [0.29, 0.717) is 5.92 Å². The van der Waals surface area contributed by atoms with E-state index < -0.39 is 0 Å². The minimum absolute atomic E-state index is 0.190. The lowest BCUT2D eigenvalue weighted by Crippen LogP contribution is -2.40. The van der Waals surface area contributed by atoms with E-state index in [1.807, 2.05) is 36.4 Å². The topological polar surface area (TPSA) is 20.3 Å². The molecule has 0 saturated carbocycles. The summed E-state index contributed by atoms with van der Waals surface area (Å²) in [5.74, 6) is 0.904. The van der Waals surface area contributed by atoms with Crippen molar-refractivity contribution < 1.29 is 4.79 Å². The molecule has 0 spiro atoms. The number of nitrogens with zero attached hydrogens (tertiary/aromatic N) is 1. The van der Waals surface area contributed by atoms with Crippen molar-refractivity contribution in [1.29, 1.82) is 0 Å². The quantitative estimate of drug-likeness (QED) is 0.472. The molecule has 1 aliphatic rings. The minimum atomic E-state index is -0.190. The largest absolute Gasteiger partial charge is 0.341 e. The zero-order chi connectivity index (χ0) is 19.9. The van der Waals surface area contributed by atoms with Crippen LogP contribution < -0.4 is 0 Å². The molecule has 0 radical (unpaired) electrons. The first kappa shape index (κ1) is 19.8. The van der Waals surface area contributed by atoms with E-state index in [1.165, 1.54) is 5.56 Å². The van der Waals surface area contributed by atoms with Gasteiger partial charge in [0.25, 0.3) is 0 Å². The Labute approximate surface area is 178 Å². The molecule has 0 aromatic heterocycles. The van der Waals surface area contributed by atoms with Crippen LogP contribution in [0.4, 0.5) is 0 Å². The number of likely N-dealkylation sites (tertiary alicyclic amines) is 1. The highest BCUT2D eigenvalue weighted by atomic mass is 32.2. The lowest BCUT2D eigenvalue weighted by molar-refractivity contribution is -0.132. The fourth-order valence-electron chi connectivity index (χ4n) is 3.99. The van der Waals surface area contributed by atoms with Crippen LogP contribution in [-0.2, 0) is 11.2 Å². The first-order valence-corrected chi connectivity index (χ1v) is 11.3. The third-order valence-electron chi connectivity index (χ3n) is 5.62. The number of amides is 1. The first-order chi connectivity index (χ1) is 14.3. The highest BCUT2D eigenvalue weighted by molar-refractivity contribution is 8.00. The molecule has 1 aliphatic heterocycles. The van der Waals surface area contributed by atoms with Crippen molar-refractivity contribution in [3.63, 3.8) is 0 Å². The standard InChI is InChI=1S/C26H27NOS/c28-26(27-18-16-22(17-19-27)20-21-10-4-1-5-11-21)25(23-12-6-2-7-13-23)29-24-14-8-3-9-15-24/h1-15,22,25H,16-20H2/t25-/m1/s1. The summed E-state index contributed by atoms with van der Waals surface area (Å²) in [4.78, 5) is 16.7. The summed E-state index contributed by atoms with van der Waals surface area (Å²) >= 11 is 1.66. The average molecular weight is 402 g/mol. The summed E-state index contributed by atoms with van der Waals surface area (Å²) in [5.41, 5.74) is 2.48. The van der Waals surface area contributed by atoms with E-state index in [-0.39, 0.29) is 11.2 Å². The fourth-order valence-corrected chi connectivity index (χ4v) is 5.12. The molecule has 2 nitrogen and oxygen atoms in total. The Bertz CT molecular complexity index is 890. The van der Waals surface area contributed by atoms with Crippen molar-refractivity contribution in [1.82, 2.24) is 4.90 Å². The highest BCUT2D eigenvalue weighted by Gasteiger charge is 2.30. The molecule has 1 heterocycles. The van der Waals surface area contributed by atoms with E-state index in [4.69, 9.17) is 0 Å². The SMILES string of the molecule is O=C([C@H](Sc1ccccc1)c1ccccc1)N1CCC(Cc2ccccc2)CC1. The molecule has 3 aromatic carbocycles. The Morgan fingerprint density at radius 1 is 0.828 bits per heavy atom. The van der Waals surface area contributed by atoms with Crippen molar-refractivity contribution in [2.45, 2.75) is 29.4 Å². The molecule has 3 heteroatoms. The molecule has 29 heavy (non-hydrogen) atoms. The number of piperidine rings is 1. The molecule has 148 valence electrons. The number of carbonyl (C=O) groups is 1. The minimum Gasteiger partial charge on any atom is -0.341 e. The second-order valence-electron chi connectivity index (χ2n) is 7.68. The van der Waals surface area contributed by atoms with Crippen LogP contribution in [0.5, 0.6) is 0 Å². The van der Waals surface area contributed by atoms with Gasteiger partial charge in [0.15, 0.2) is 0 Å². The van der Waals surface area contributed by atoms with Gasteiger partial charge in [0.1, 0.15) is 5.25 Å². The maximum atomic E-state index is 13.5. The number of hydrogen-bond acceptors (Lipinski definition) is 2. The second-order valence-corrected chi connectivity index (χ2v) is 8.86. The smallest absolute Gasteiger partial charge is 0.240 e. The zero-order valence-corrected chi connectivity index (χ0v) is 17.4. The summed E-state index contributed by atoms with van der Waals surface area (Å²) in [7, 11) is 0. The van der Waals surface area contributed by atoms with Gasteiger partial charge < -0.3 is 4.90 Å². The van der Waals surface area contributed by atoms with Gasteiger partial charge in [-0.05, 0) is 48.4 Å². The Kier molecular flexibility index (Phi) is 6.68. The van der Waals surface area contributed by atoms with E-state index in [2.05, 4.69) is 59.5 Å². The van der Waals surface area contributed by atoms with E-state index in [9.17, 15) is 4.79 Å². The molecule has 0 N–H and O–H groups in total. The maximum absolute atomic E-state index is 13.5. The van der Waals surface area contributed by atoms with Gasteiger partial charge in [-0.3, -0.25) is 4.79 Å². The van der Waals surface area contributed by atoms with Crippen LogP contribution in [0.2, 0.25) is 0 Å². The summed E-state index contributed by atoms with van der Waals surface area (Å²) < 4.78 is 0. The highest BCUT2D eigenvalue weighted by Crippen LogP contribution is 2.37. The van der Waals surface area contributed by atoms with Crippen molar-refractivity contribution >= 4 is 17.7 Å². The Balaban J connectivity index is 1.43. The third kappa shape index (κ3) is 5.30. The van der Waals surface area contributed by atoms with Crippen LogP contribution in [0, 0.1) is 5.92 Å². The average Bonchev–Trinajstić information content (AvgIpc) is 2.79. The number of thioether (sulfide) groups is 1. The molecule has 1 atom stereocenters. The lowest BCUT2D eigenvalue weighted by Gasteiger charge is -2.34. The maximum Gasteiger partial charge on any atom is 0.240 e. The Hall–Kier alpha value is -2.52. The summed E-state index contributed by atoms with van der Waals surface area (Å²) in [6.45, 7) is 1.71. The zero-order valence-electron chi connectivity index (χ0n) is 16.6. The molecule has 1 fully saturated rings. The van der Waals surface area contributed by atoms with E-state index in [1.54, 1.807) is 11.8 Å². The van der Waals surface area contributed by atoms with Crippen LogP contribution >= 0.6 is 11.8 Å². The number of rotatable bonds is 6. The van der Waals surface area contributed by atoms with Crippen LogP contribution in [0.3, 0.4) is 0 Å². The van der Waals surface area contributed by atoms with Gasteiger partial charge >= 0.3 is 0 Å². The molecular weight excluding hydrogens is 374 g/mol. The second kappa shape index (κ2) is 9.80. The molecule has 0 aliphatic carbocycles. The Morgan fingerprint density at radius 3 is 2.00 bits per heavy atom. The molecule has 1 saturated heterocycles. The summed E-state index contributed by atoms with van der Waals surface area (Å²) in [6.07, 6.45) is 3.28. The third-order valence-corrected chi connectivity index (χ3v) is 6.87. The summed E-state index contributed by atoms with van der Waals surface area (Å²) in [5, 5.41) is -0.190. The van der Waals surface area contributed by atoms with Crippen molar-refractivity contribution in [3.8, 4) is 0 Å². The van der Waals surface area contributed by atoms with E-state index >= 15 is 0 Å². The number of carbonyl (C=O) groups excluding carboxylic acids is 1. The molecule has 3 aromatic rings. The van der Waals surface area contributed by atoms with Crippen LogP contribution in [0.1, 0.15) is 29.2 Å². The van der Waals surface area contributed by atoms with Gasteiger partial charge in [0.2, 0.25) is 5.91 Å². The van der Waals surface area contributed by atoms with Gasteiger partial charge in [0, 0.05) is 18.0 Å². The number of benzene rings is 3. The fraction of sp³-hybridized carbons (Fsp3) is 0.269. The lowest BCUT2D eigenvalue weighted by atomic mass is 9.90. The predicted molar refractivity (Wildman–Crippen MR) is 121 cm³/mol. The van der Waals surface area contributed by atoms with Crippen LogP contribution in [0.15, 0.2) is 95.9 Å². The van der Waals surface area contributed by atoms with Crippen molar-refractivity contribution in [2.24, 2.45) is 5.92 Å². The van der Waals surface area contributed by atoms with Crippen molar-refractivity contribution in [3.05, 3.63) is 102 Å². The van der Waals surface area contributed by atoms with Gasteiger partial charge in [-0.15, -0.1) is 11.8 Å². The first-order valence-electron chi connectivity index (χ1n) is 10.4. The van der Waals surface area contributed by atoms with Gasteiger partial charge in [0.05, 0.1) is 0 Å². The van der Waals surface area contributed by atoms with Gasteiger partial charge in [-0.2, -0.15) is 0 Å². The molecule has 4 rings (SSSR count). The monoisotopic (exact) mass is 401 g/mol. The van der Waals surface area contributed by atoms with E-state index in [0.717, 1.165) is 42.8 Å². The van der Waals surface area contributed by atoms with Crippen molar-refractivity contribution in [2.75, 3.05) is 13.1 Å². The van der Waals surface area contributed by atoms with Gasteiger partial charge in [-0.1, -0.05) is 78.9 Å². The Morgan fingerprint density at radius 2 is 1.38 bits per heavy atom. The molecule has 1 amide bonds.